The molecule has 2 aromatic rings. The normalized spacial score (nSPS) is 10.8. The number of nitrogen functional groups attached to an aromatic ring is 1. The molecule has 20 heavy (non-hydrogen) atoms. The molecule has 0 radical (unpaired) electrons. The monoisotopic (exact) mass is 289 g/mol. The molecule has 5 heteroatoms. The fourth-order valence-corrected chi connectivity index (χ4v) is 2.50. The molecule has 4 nitrogen and oxygen atoms in total. The molecule has 0 atom stereocenters. The number of aryl methyl sites for hydroxylation is 1. The third kappa shape index (κ3) is 3.36. The average Bonchev–Trinajstić information content (AvgIpc) is 2.83. The highest BCUT2D eigenvalue weighted by atomic mass is 32.1. The van der Waals surface area contributed by atoms with Crippen molar-refractivity contribution in [1.29, 1.82) is 0 Å². The standard InChI is InChI=1S/C15H19N3OS/c1-10(2)18(8-12-4-6-13(16)7-5-12)15(19)14-9-20-11(3)17-14/h4-7,9-10H,8,16H2,1-3H3. The van der Waals surface area contributed by atoms with Crippen LogP contribution in [0.1, 0.15) is 34.9 Å². The number of hydrogen-bond donors (Lipinski definition) is 1. The number of carbonyl (C=O) groups is 1. The Morgan fingerprint density at radius 3 is 2.50 bits per heavy atom. The second-order valence-electron chi connectivity index (χ2n) is 5.02. The van der Waals surface area contributed by atoms with E-state index in [9.17, 15) is 4.79 Å². The van der Waals surface area contributed by atoms with Crippen LogP contribution in [0.2, 0.25) is 0 Å². The van der Waals surface area contributed by atoms with E-state index in [2.05, 4.69) is 4.98 Å². The molecule has 106 valence electrons. The first kappa shape index (κ1) is 14.5. The van der Waals surface area contributed by atoms with Crippen LogP contribution in [0.5, 0.6) is 0 Å². The molecule has 0 unspecified atom stereocenters. The zero-order valence-electron chi connectivity index (χ0n) is 12.0. The van der Waals surface area contributed by atoms with Gasteiger partial charge in [0.1, 0.15) is 5.69 Å². The Morgan fingerprint density at radius 2 is 2.00 bits per heavy atom. The quantitative estimate of drug-likeness (QED) is 0.880. The van der Waals surface area contributed by atoms with Crippen molar-refractivity contribution in [3.8, 4) is 0 Å². The van der Waals surface area contributed by atoms with E-state index in [4.69, 9.17) is 5.73 Å². The van der Waals surface area contributed by atoms with Crippen LogP contribution in [0.4, 0.5) is 5.69 Å². The largest absolute Gasteiger partial charge is 0.399 e. The SMILES string of the molecule is Cc1nc(C(=O)N(Cc2ccc(N)cc2)C(C)C)cs1. The topological polar surface area (TPSA) is 59.2 Å². The van der Waals surface area contributed by atoms with Gasteiger partial charge in [-0.2, -0.15) is 0 Å². The minimum absolute atomic E-state index is 0.0267. The summed E-state index contributed by atoms with van der Waals surface area (Å²) < 4.78 is 0. The number of anilines is 1. The van der Waals surface area contributed by atoms with Gasteiger partial charge in [-0.15, -0.1) is 11.3 Å². The van der Waals surface area contributed by atoms with Gasteiger partial charge < -0.3 is 10.6 Å². The lowest BCUT2D eigenvalue weighted by atomic mass is 10.1. The number of thiazole rings is 1. The van der Waals surface area contributed by atoms with E-state index < -0.39 is 0 Å². The molecule has 0 aliphatic heterocycles. The number of amides is 1. The summed E-state index contributed by atoms with van der Waals surface area (Å²) in [4.78, 5) is 18.6. The number of benzene rings is 1. The van der Waals surface area contributed by atoms with Crippen LogP contribution in [-0.2, 0) is 6.54 Å². The molecule has 0 aliphatic rings. The van der Waals surface area contributed by atoms with Gasteiger partial charge in [0, 0.05) is 23.7 Å². The summed E-state index contributed by atoms with van der Waals surface area (Å²) in [5.74, 6) is -0.0267. The second-order valence-corrected chi connectivity index (χ2v) is 6.08. The Morgan fingerprint density at radius 1 is 1.35 bits per heavy atom. The smallest absolute Gasteiger partial charge is 0.273 e. The summed E-state index contributed by atoms with van der Waals surface area (Å²) in [6, 6.07) is 7.72. The minimum Gasteiger partial charge on any atom is -0.399 e. The Labute approximate surface area is 123 Å². The van der Waals surface area contributed by atoms with Gasteiger partial charge in [-0.25, -0.2) is 4.98 Å². The Balaban J connectivity index is 2.19. The van der Waals surface area contributed by atoms with Crippen molar-refractivity contribution in [2.45, 2.75) is 33.4 Å². The van der Waals surface area contributed by atoms with Crippen molar-refractivity contribution in [3.05, 3.63) is 45.9 Å². The fraction of sp³-hybridized carbons (Fsp3) is 0.333. The van der Waals surface area contributed by atoms with Crippen molar-refractivity contribution in [2.75, 3.05) is 5.73 Å². The van der Waals surface area contributed by atoms with Crippen LogP contribution in [0.25, 0.3) is 0 Å². The Hall–Kier alpha value is -1.88. The highest BCUT2D eigenvalue weighted by Crippen LogP contribution is 2.16. The molecule has 0 bridgehead atoms. The van der Waals surface area contributed by atoms with Crippen LogP contribution in [0, 0.1) is 6.92 Å². The van der Waals surface area contributed by atoms with Crippen molar-refractivity contribution in [1.82, 2.24) is 9.88 Å². The van der Waals surface area contributed by atoms with Gasteiger partial charge in [0.05, 0.1) is 5.01 Å². The van der Waals surface area contributed by atoms with Gasteiger partial charge in [0.25, 0.3) is 5.91 Å². The van der Waals surface area contributed by atoms with Crippen molar-refractivity contribution in [2.24, 2.45) is 0 Å². The van der Waals surface area contributed by atoms with E-state index in [0.29, 0.717) is 12.2 Å². The molecule has 1 aromatic carbocycles. The van der Waals surface area contributed by atoms with Crippen molar-refractivity contribution >= 4 is 22.9 Å². The number of nitrogens with two attached hydrogens (primary N) is 1. The van der Waals surface area contributed by atoms with Gasteiger partial charge in [0.15, 0.2) is 0 Å². The molecule has 0 aliphatic carbocycles. The van der Waals surface area contributed by atoms with Crippen molar-refractivity contribution in [3.63, 3.8) is 0 Å². The summed E-state index contributed by atoms with van der Waals surface area (Å²) in [5, 5.41) is 2.72. The number of aromatic nitrogens is 1. The summed E-state index contributed by atoms with van der Waals surface area (Å²) in [6.07, 6.45) is 0. The van der Waals surface area contributed by atoms with Crippen molar-refractivity contribution < 1.29 is 4.79 Å². The van der Waals surface area contributed by atoms with E-state index in [-0.39, 0.29) is 11.9 Å². The summed E-state index contributed by atoms with van der Waals surface area (Å²) in [6.45, 7) is 6.48. The molecule has 1 amide bonds. The molecule has 2 N–H and O–H groups in total. The molecular formula is C15H19N3OS. The minimum atomic E-state index is -0.0267. The number of hydrogen-bond acceptors (Lipinski definition) is 4. The summed E-state index contributed by atoms with van der Waals surface area (Å²) in [7, 11) is 0. The Bertz CT molecular complexity index is 589. The number of nitrogens with zero attached hydrogens (tertiary/aromatic N) is 2. The van der Waals surface area contributed by atoms with E-state index >= 15 is 0 Å². The first-order valence-corrected chi connectivity index (χ1v) is 7.43. The first-order chi connectivity index (χ1) is 9.47. The Kier molecular flexibility index (Phi) is 4.39. The first-order valence-electron chi connectivity index (χ1n) is 6.55. The zero-order chi connectivity index (χ0) is 14.7. The lowest BCUT2D eigenvalue weighted by molar-refractivity contribution is 0.0685. The summed E-state index contributed by atoms with van der Waals surface area (Å²) >= 11 is 1.49. The second kappa shape index (κ2) is 6.05. The van der Waals surface area contributed by atoms with Crippen LogP contribution < -0.4 is 5.73 Å². The molecule has 0 spiro atoms. The zero-order valence-corrected chi connectivity index (χ0v) is 12.8. The molecule has 2 rings (SSSR count). The summed E-state index contributed by atoms with van der Waals surface area (Å²) in [5.41, 5.74) is 8.00. The third-order valence-electron chi connectivity index (χ3n) is 3.05. The maximum absolute atomic E-state index is 12.5. The molecule has 1 aromatic heterocycles. The predicted octanol–water partition coefficient (Wildman–Crippen LogP) is 3.08. The van der Waals surface area contributed by atoms with Gasteiger partial charge in [-0.1, -0.05) is 12.1 Å². The average molecular weight is 289 g/mol. The highest BCUT2D eigenvalue weighted by molar-refractivity contribution is 7.09. The van der Waals surface area contributed by atoms with E-state index in [1.54, 1.807) is 0 Å². The maximum Gasteiger partial charge on any atom is 0.273 e. The highest BCUT2D eigenvalue weighted by Gasteiger charge is 2.21. The van der Waals surface area contributed by atoms with E-state index in [0.717, 1.165) is 16.3 Å². The molecular weight excluding hydrogens is 270 g/mol. The van der Waals surface area contributed by atoms with E-state index in [1.807, 2.05) is 55.3 Å². The third-order valence-corrected chi connectivity index (χ3v) is 3.83. The van der Waals surface area contributed by atoms with Crippen LogP contribution in [-0.4, -0.2) is 21.8 Å². The van der Waals surface area contributed by atoms with Gasteiger partial charge in [-0.3, -0.25) is 4.79 Å². The lowest BCUT2D eigenvalue weighted by Gasteiger charge is -2.26. The van der Waals surface area contributed by atoms with Crippen LogP contribution in [0.15, 0.2) is 29.6 Å². The van der Waals surface area contributed by atoms with Gasteiger partial charge in [-0.05, 0) is 38.5 Å². The van der Waals surface area contributed by atoms with E-state index in [1.165, 1.54) is 11.3 Å². The molecule has 0 saturated heterocycles. The molecule has 0 fully saturated rings. The van der Waals surface area contributed by atoms with Crippen LogP contribution >= 0.6 is 11.3 Å². The molecule has 0 saturated carbocycles. The lowest BCUT2D eigenvalue weighted by Crippen LogP contribution is -2.36. The molecule has 1 heterocycles. The van der Waals surface area contributed by atoms with Gasteiger partial charge >= 0.3 is 0 Å². The number of carbonyl (C=O) groups excluding carboxylic acids is 1. The predicted molar refractivity (Wildman–Crippen MR) is 82.7 cm³/mol. The van der Waals surface area contributed by atoms with Crippen LogP contribution in [0.3, 0.4) is 0 Å². The fourth-order valence-electron chi connectivity index (χ4n) is 1.92. The number of rotatable bonds is 4. The van der Waals surface area contributed by atoms with Gasteiger partial charge in [0.2, 0.25) is 0 Å². The maximum atomic E-state index is 12.5.